The summed E-state index contributed by atoms with van der Waals surface area (Å²) in [7, 11) is 2.59. The van der Waals surface area contributed by atoms with E-state index in [1.165, 1.54) is 45.4 Å². The van der Waals surface area contributed by atoms with Gasteiger partial charge >= 0.3 is 5.97 Å². The van der Waals surface area contributed by atoms with Crippen molar-refractivity contribution in [3.05, 3.63) is 51.1 Å². The number of benzene rings is 1. The first-order valence-electron chi connectivity index (χ1n) is 8.54. The second-order valence-electron chi connectivity index (χ2n) is 6.09. The number of nitro groups is 1. The number of thioether (sulfide) groups is 1. The van der Waals surface area contributed by atoms with Crippen molar-refractivity contribution in [3.8, 4) is 17.1 Å². The summed E-state index contributed by atoms with van der Waals surface area (Å²) in [5.74, 6) is -0.460. The monoisotopic (exact) mass is 432 g/mol. The molecule has 1 aromatic heterocycles. The molecule has 11 heteroatoms. The van der Waals surface area contributed by atoms with E-state index in [1.54, 1.807) is 12.1 Å². The summed E-state index contributed by atoms with van der Waals surface area (Å²) in [4.78, 5) is 47.8. The normalized spacial score (nSPS) is 16.1. The Morgan fingerprint density at radius 3 is 2.63 bits per heavy atom. The van der Waals surface area contributed by atoms with E-state index in [0.717, 1.165) is 4.90 Å². The Kier molecular flexibility index (Phi) is 5.92. The number of non-ortho nitro benzene ring substituents is 1. The Balaban J connectivity index is 1.91. The third kappa shape index (κ3) is 3.92. The van der Waals surface area contributed by atoms with Gasteiger partial charge in [0.15, 0.2) is 0 Å². The second kappa shape index (κ2) is 8.41. The van der Waals surface area contributed by atoms with Gasteiger partial charge in [0.1, 0.15) is 23.3 Å². The van der Waals surface area contributed by atoms with Crippen molar-refractivity contribution in [2.45, 2.75) is 13.0 Å². The van der Waals surface area contributed by atoms with Crippen LogP contribution in [0.1, 0.15) is 12.7 Å². The third-order valence-electron chi connectivity index (χ3n) is 4.31. The number of carbonyl (C=O) groups is 3. The maximum atomic E-state index is 12.6. The van der Waals surface area contributed by atoms with Crippen LogP contribution in [0.5, 0.6) is 5.75 Å². The molecule has 156 valence electrons. The third-order valence-corrected chi connectivity index (χ3v) is 5.20. The van der Waals surface area contributed by atoms with Gasteiger partial charge in [-0.3, -0.25) is 24.6 Å². The first-order chi connectivity index (χ1) is 14.3. The van der Waals surface area contributed by atoms with Gasteiger partial charge in [-0.2, -0.15) is 0 Å². The van der Waals surface area contributed by atoms with E-state index in [-0.39, 0.29) is 22.1 Å². The molecule has 1 fully saturated rings. The summed E-state index contributed by atoms with van der Waals surface area (Å²) in [6, 6.07) is 6.13. The molecule has 0 spiro atoms. The Morgan fingerprint density at radius 1 is 1.27 bits per heavy atom. The molecule has 0 unspecified atom stereocenters. The number of nitrogens with zero attached hydrogens (tertiary/aromatic N) is 2. The predicted octanol–water partition coefficient (Wildman–Crippen LogP) is 3.46. The molecule has 1 aromatic carbocycles. The molecule has 0 saturated carbocycles. The molecule has 0 N–H and O–H groups in total. The maximum absolute atomic E-state index is 12.6. The van der Waals surface area contributed by atoms with E-state index < -0.39 is 28.1 Å². The van der Waals surface area contributed by atoms with E-state index in [0.29, 0.717) is 23.1 Å². The van der Waals surface area contributed by atoms with E-state index in [4.69, 9.17) is 9.15 Å². The van der Waals surface area contributed by atoms with Gasteiger partial charge < -0.3 is 13.9 Å². The molecule has 0 aliphatic carbocycles. The van der Waals surface area contributed by atoms with Crippen LogP contribution in [-0.4, -0.2) is 47.2 Å². The predicted molar refractivity (Wildman–Crippen MR) is 107 cm³/mol. The molecule has 0 bridgehead atoms. The van der Waals surface area contributed by atoms with Gasteiger partial charge in [0.05, 0.1) is 29.6 Å². The number of furan rings is 1. The van der Waals surface area contributed by atoms with Crippen LogP contribution in [0.3, 0.4) is 0 Å². The fraction of sp³-hybridized carbons (Fsp3) is 0.211. The van der Waals surface area contributed by atoms with Crippen LogP contribution >= 0.6 is 11.8 Å². The van der Waals surface area contributed by atoms with Crippen molar-refractivity contribution in [2.24, 2.45) is 0 Å². The summed E-state index contributed by atoms with van der Waals surface area (Å²) in [6.07, 6.45) is 1.36. The van der Waals surface area contributed by atoms with Crippen molar-refractivity contribution in [1.82, 2.24) is 4.90 Å². The minimum atomic E-state index is -1.06. The van der Waals surface area contributed by atoms with Crippen LogP contribution in [0.4, 0.5) is 10.5 Å². The lowest BCUT2D eigenvalue weighted by molar-refractivity contribution is -0.384. The molecule has 1 saturated heterocycles. The number of imide groups is 1. The van der Waals surface area contributed by atoms with E-state index in [2.05, 4.69) is 4.74 Å². The number of hydrogen-bond acceptors (Lipinski definition) is 9. The minimum absolute atomic E-state index is 0.0719. The highest BCUT2D eigenvalue weighted by Crippen LogP contribution is 2.37. The van der Waals surface area contributed by atoms with E-state index in [9.17, 15) is 24.5 Å². The Labute approximate surface area is 174 Å². The largest absolute Gasteiger partial charge is 0.496 e. The van der Waals surface area contributed by atoms with Gasteiger partial charge in [0, 0.05) is 18.2 Å². The average molecular weight is 432 g/mol. The Hall–Kier alpha value is -3.60. The van der Waals surface area contributed by atoms with Gasteiger partial charge in [-0.1, -0.05) is 0 Å². The summed E-state index contributed by atoms with van der Waals surface area (Å²) in [5.41, 5.74) is 0.223. The lowest BCUT2D eigenvalue weighted by atomic mass is 10.1. The summed E-state index contributed by atoms with van der Waals surface area (Å²) >= 11 is 0.669. The van der Waals surface area contributed by atoms with Crippen molar-refractivity contribution in [1.29, 1.82) is 0 Å². The molecule has 0 radical (unpaired) electrons. The van der Waals surface area contributed by atoms with Gasteiger partial charge in [-0.15, -0.1) is 0 Å². The molecule has 1 aliphatic rings. The van der Waals surface area contributed by atoms with E-state index >= 15 is 0 Å². The van der Waals surface area contributed by atoms with Crippen LogP contribution in [0.25, 0.3) is 17.4 Å². The highest BCUT2D eigenvalue weighted by molar-refractivity contribution is 8.18. The fourth-order valence-electron chi connectivity index (χ4n) is 2.80. The average Bonchev–Trinajstić information content (AvgIpc) is 3.30. The summed E-state index contributed by atoms with van der Waals surface area (Å²) in [5, 5.41) is 10.5. The van der Waals surface area contributed by atoms with Crippen LogP contribution in [0, 0.1) is 10.1 Å². The SMILES string of the molecule is COC(=O)[C@H](C)N1C(=O)S/C(=C/c2ccc(-c3cc([N+](=O)[O-])ccc3OC)o2)C1=O. The van der Waals surface area contributed by atoms with Crippen molar-refractivity contribution in [2.75, 3.05) is 14.2 Å². The lowest BCUT2D eigenvalue weighted by Gasteiger charge is -2.18. The van der Waals surface area contributed by atoms with Gasteiger partial charge in [-0.25, -0.2) is 4.79 Å². The standard InChI is InChI=1S/C19H16N2O8S/c1-10(18(23)28-3)20-17(22)16(30-19(20)24)9-12-5-7-15(29-12)13-8-11(21(25)26)4-6-14(13)27-2/h4-10H,1-3H3/b16-9+/t10-/m0/s1. The summed E-state index contributed by atoms with van der Waals surface area (Å²) < 4.78 is 15.5. The number of rotatable bonds is 6. The first kappa shape index (κ1) is 21.1. The van der Waals surface area contributed by atoms with Gasteiger partial charge in [-0.05, 0) is 36.9 Å². The van der Waals surface area contributed by atoms with E-state index in [1.807, 2.05) is 0 Å². The number of hydrogen-bond donors (Lipinski definition) is 0. The van der Waals surface area contributed by atoms with Crippen molar-refractivity contribution >= 4 is 40.6 Å². The zero-order valence-corrected chi connectivity index (χ0v) is 16.9. The number of amides is 2. The van der Waals surface area contributed by atoms with Crippen LogP contribution in [-0.2, 0) is 14.3 Å². The molecule has 30 heavy (non-hydrogen) atoms. The molecule has 2 amide bonds. The van der Waals surface area contributed by atoms with Crippen molar-refractivity contribution in [3.63, 3.8) is 0 Å². The number of ether oxygens (including phenoxy) is 2. The Bertz CT molecular complexity index is 1070. The number of esters is 1. The van der Waals surface area contributed by atoms with Crippen molar-refractivity contribution < 1.29 is 33.2 Å². The summed E-state index contributed by atoms with van der Waals surface area (Å²) in [6.45, 7) is 1.39. The topological polar surface area (TPSA) is 129 Å². The molecular formula is C19H16N2O8S. The fourth-order valence-corrected chi connectivity index (χ4v) is 3.68. The van der Waals surface area contributed by atoms with Crippen LogP contribution < -0.4 is 4.74 Å². The molecule has 1 aliphatic heterocycles. The first-order valence-corrected chi connectivity index (χ1v) is 9.36. The smallest absolute Gasteiger partial charge is 0.328 e. The highest BCUT2D eigenvalue weighted by atomic mass is 32.2. The Morgan fingerprint density at radius 2 is 2.00 bits per heavy atom. The zero-order chi connectivity index (χ0) is 22.0. The lowest BCUT2D eigenvalue weighted by Crippen LogP contribution is -2.42. The molecule has 1 atom stereocenters. The highest BCUT2D eigenvalue weighted by Gasteiger charge is 2.41. The number of carbonyl (C=O) groups excluding carboxylic acids is 3. The minimum Gasteiger partial charge on any atom is -0.496 e. The van der Waals surface area contributed by atoms with Crippen LogP contribution in [0.15, 0.2) is 39.7 Å². The number of methoxy groups -OCH3 is 2. The van der Waals surface area contributed by atoms with Crippen LogP contribution in [0.2, 0.25) is 0 Å². The van der Waals surface area contributed by atoms with Gasteiger partial charge in [0.2, 0.25) is 0 Å². The maximum Gasteiger partial charge on any atom is 0.328 e. The molecule has 10 nitrogen and oxygen atoms in total. The molecule has 2 aromatic rings. The molecular weight excluding hydrogens is 416 g/mol. The molecule has 3 rings (SSSR count). The quantitative estimate of drug-likeness (QED) is 0.291. The second-order valence-corrected chi connectivity index (χ2v) is 7.09. The number of nitro benzene ring substituents is 1. The van der Waals surface area contributed by atoms with Gasteiger partial charge in [0.25, 0.3) is 16.8 Å². The molecule has 2 heterocycles. The zero-order valence-electron chi connectivity index (χ0n) is 16.1.